The molecule has 0 aromatic heterocycles. The van der Waals surface area contributed by atoms with Gasteiger partial charge in [0.1, 0.15) is 0 Å². The molecule has 0 atom stereocenters. The Labute approximate surface area is 92.6 Å². The molecular weight excluding hydrogens is 208 g/mol. The summed E-state index contributed by atoms with van der Waals surface area (Å²) < 4.78 is 4.63. The molecule has 0 spiro atoms. The van der Waals surface area contributed by atoms with Crippen molar-refractivity contribution in [2.24, 2.45) is 0 Å². The van der Waals surface area contributed by atoms with E-state index in [1.165, 1.54) is 0 Å². The van der Waals surface area contributed by atoms with Gasteiger partial charge in [-0.1, -0.05) is 30.3 Å². The third-order valence-electron chi connectivity index (χ3n) is 1.84. The molecule has 0 amide bonds. The first-order valence-electron chi connectivity index (χ1n) is 4.71. The van der Waals surface area contributed by atoms with E-state index in [1.807, 2.05) is 0 Å². The largest absolute Gasteiger partial charge is 0.510 e. The second kappa shape index (κ2) is 5.51. The number of esters is 1. The molecule has 1 N–H and O–H groups in total. The minimum Gasteiger partial charge on any atom is -0.501 e. The highest BCUT2D eigenvalue weighted by atomic mass is 16.5. The first-order chi connectivity index (χ1) is 7.70. The second-order valence-corrected chi connectivity index (χ2v) is 2.88. The first-order valence-corrected chi connectivity index (χ1v) is 4.71. The quantitative estimate of drug-likeness (QED) is 0.366. The van der Waals surface area contributed by atoms with E-state index in [0.29, 0.717) is 5.56 Å². The summed E-state index contributed by atoms with van der Waals surface area (Å²) in [6, 6.07) is 8.30. The van der Waals surface area contributed by atoms with Crippen LogP contribution in [0.5, 0.6) is 0 Å². The van der Waals surface area contributed by atoms with Crippen molar-refractivity contribution in [2.75, 3.05) is 6.61 Å². The molecule has 16 heavy (non-hydrogen) atoms. The Morgan fingerprint density at radius 2 is 2.06 bits per heavy atom. The van der Waals surface area contributed by atoms with Gasteiger partial charge < -0.3 is 9.84 Å². The molecule has 0 bridgehead atoms. The smallest absolute Gasteiger partial charge is 0.501 e. The van der Waals surface area contributed by atoms with Crippen LogP contribution in [0.1, 0.15) is 12.5 Å². The van der Waals surface area contributed by atoms with E-state index in [9.17, 15) is 9.90 Å². The maximum atomic E-state index is 11.3. The van der Waals surface area contributed by atoms with Gasteiger partial charge in [-0.2, -0.15) is 0 Å². The Morgan fingerprint density at radius 1 is 1.44 bits per heavy atom. The number of aliphatic hydroxyl groups excluding tert-OH is 1. The van der Waals surface area contributed by atoms with E-state index in [-0.39, 0.29) is 6.61 Å². The highest BCUT2D eigenvalue weighted by molar-refractivity contribution is 5.97. The molecule has 0 aliphatic rings. The number of aliphatic hydroxyl groups is 1. The Morgan fingerprint density at radius 3 is 2.56 bits per heavy atom. The summed E-state index contributed by atoms with van der Waals surface area (Å²) in [6.07, 6.45) is 0. The number of carbonyl (C=O) groups is 1. The normalized spacial score (nSPS) is 11.2. The van der Waals surface area contributed by atoms with E-state index >= 15 is 0 Å². The average Bonchev–Trinajstić information content (AvgIpc) is 2.31. The van der Waals surface area contributed by atoms with E-state index < -0.39 is 17.4 Å². The van der Waals surface area contributed by atoms with Crippen LogP contribution in [0, 0.1) is 5.39 Å². The van der Waals surface area contributed by atoms with Crippen LogP contribution >= 0.6 is 0 Å². The van der Waals surface area contributed by atoms with Gasteiger partial charge in [0.05, 0.1) is 6.61 Å². The van der Waals surface area contributed by atoms with Crippen LogP contribution in [0.2, 0.25) is 0 Å². The standard InChI is InChI=1S/C11H10N2O3/c1-2-16-11(15)9(13-12)10(14)8-6-4-3-5-7-8/h3-7H,2H2,1H3/p+1. The molecule has 0 saturated carbocycles. The van der Waals surface area contributed by atoms with Crippen molar-refractivity contribution in [3.63, 3.8) is 0 Å². The number of hydrogen-bond donors (Lipinski definition) is 1. The number of diazo groups is 1. The topological polar surface area (TPSA) is 74.7 Å². The third kappa shape index (κ3) is 2.58. The zero-order chi connectivity index (χ0) is 12.0. The Balaban J connectivity index is 3.11. The van der Waals surface area contributed by atoms with Crippen LogP contribution in [0.4, 0.5) is 0 Å². The molecule has 0 aliphatic heterocycles. The monoisotopic (exact) mass is 219 g/mol. The Kier molecular flexibility index (Phi) is 4.04. The van der Waals surface area contributed by atoms with Gasteiger partial charge in [0.2, 0.25) is 11.2 Å². The van der Waals surface area contributed by atoms with Crippen molar-refractivity contribution in [1.29, 1.82) is 5.39 Å². The maximum absolute atomic E-state index is 11.3. The van der Waals surface area contributed by atoms with Crippen molar-refractivity contribution < 1.29 is 14.6 Å². The molecule has 5 nitrogen and oxygen atoms in total. The Bertz CT molecular complexity index is 446. The molecular formula is C11H11N2O3+. The lowest BCUT2D eigenvalue weighted by Crippen LogP contribution is -2.07. The van der Waals surface area contributed by atoms with E-state index in [4.69, 9.17) is 5.39 Å². The lowest BCUT2D eigenvalue weighted by atomic mass is 10.1. The fraction of sp³-hybridized carbons (Fsp3) is 0.182. The fourth-order valence-electron chi connectivity index (χ4n) is 1.12. The van der Waals surface area contributed by atoms with Gasteiger partial charge in [-0.05, 0) is 6.92 Å². The molecule has 0 aliphatic carbocycles. The Hall–Kier alpha value is -2.35. The number of ether oxygens (including phenoxy) is 1. The lowest BCUT2D eigenvalue weighted by molar-refractivity contribution is -0.138. The SMILES string of the molecule is CCOC(=O)/C([N+]#N)=C(\O)c1ccccc1. The fourth-order valence-corrected chi connectivity index (χ4v) is 1.12. The van der Waals surface area contributed by atoms with Crippen LogP contribution in [0.3, 0.4) is 0 Å². The molecule has 82 valence electrons. The second-order valence-electron chi connectivity index (χ2n) is 2.88. The van der Waals surface area contributed by atoms with Crippen molar-refractivity contribution in [1.82, 2.24) is 0 Å². The van der Waals surface area contributed by atoms with Crippen molar-refractivity contribution in [2.45, 2.75) is 6.92 Å². The van der Waals surface area contributed by atoms with Gasteiger partial charge in [0.15, 0.2) is 4.98 Å². The van der Waals surface area contributed by atoms with Gasteiger partial charge in [-0.15, -0.1) is 0 Å². The predicted octanol–water partition coefficient (Wildman–Crippen LogP) is 2.33. The molecule has 0 fully saturated rings. The molecule has 1 rings (SSSR count). The minimum atomic E-state index is -0.869. The molecule has 0 saturated heterocycles. The first kappa shape index (κ1) is 11.7. The van der Waals surface area contributed by atoms with Crippen molar-refractivity contribution in [3.05, 3.63) is 46.6 Å². The highest BCUT2D eigenvalue weighted by Gasteiger charge is 2.31. The molecule has 0 heterocycles. The zero-order valence-corrected chi connectivity index (χ0v) is 8.75. The van der Waals surface area contributed by atoms with Crippen molar-refractivity contribution in [3.8, 4) is 0 Å². The van der Waals surface area contributed by atoms with Crippen LogP contribution < -0.4 is 0 Å². The van der Waals surface area contributed by atoms with Crippen molar-refractivity contribution >= 4 is 11.7 Å². The summed E-state index contributed by atoms with van der Waals surface area (Å²) in [6.45, 7) is 1.76. The molecule has 1 aromatic carbocycles. The van der Waals surface area contributed by atoms with Crippen LogP contribution in [0.25, 0.3) is 10.7 Å². The highest BCUT2D eigenvalue weighted by Crippen LogP contribution is 2.17. The van der Waals surface area contributed by atoms with Gasteiger partial charge >= 0.3 is 11.7 Å². The number of hydrogen-bond acceptors (Lipinski definition) is 4. The number of rotatable bonds is 3. The summed E-state index contributed by atoms with van der Waals surface area (Å²) in [5.41, 5.74) is -0.128. The summed E-state index contributed by atoms with van der Waals surface area (Å²) in [7, 11) is 0. The van der Waals surface area contributed by atoms with Crippen LogP contribution in [-0.4, -0.2) is 17.7 Å². The summed E-state index contributed by atoms with van der Waals surface area (Å²) in [5, 5.41) is 18.4. The summed E-state index contributed by atoms with van der Waals surface area (Å²) in [4.78, 5) is 14.0. The zero-order valence-electron chi connectivity index (χ0n) is 8.75. The molecule has 5 heteroatoms. The number of nitrogens with zero attached hydrogens (tertiary/aromatic N) is 2. The van der Waals surface area contributed by atoms with Gasteiger partial charge in [0, 0.05) is 5.56 Å². The number of carbonyl (C=O) groups excluding carboxylic acids is 1. The number of benzene rings is 1. The third-order valence-corrected chi connectivity index (χ3v) is 1.84. The maximum Gasteiger partial charge on any atom is 0.510 e. The average molecular weight is 219 g/mol. The lowest BCUT2D eigenvalue weighted by Gasteiger charge is -1.97. The van der Waals surface area contributed by atoms with E-state index in [2.05, 4.69) is 9.71 Å². The van der Waals surface area contributed by atoms with Crippen LogP contribution in [-0.2, 0) is 9.53 Å². The van der Waals surface area contributed by atoms with Gasteiger partial charge in [-0.25, -0.2) is 4.79 Å². The van der Waals surface area contributed by atoms with E-state index in [1.54, 1.807) is 37.3 Å². The molecule has 1 aromatic rings. The van der Waals surface area contributed by atoms with Gasteiger partial charge in [-0.3, -0.25) is 0 Å². The van der Waals surface area contributed by atoms with E-state index in [0.717, 1.165) is 0 Å². The molecule has 0 radical (unpaired) electrons. The summed E-state index contributed by atoms with van der Waals surface area (Å²) in [5.74, 6) is -1.28. The van der Waals surface area contributed by atoms with Crippen LogP contribution in [0.15, 0.2) is 36.0 Å². The summed E-state index contributed by atoms with van der Waals surface area (Å²) >= 11 is 0. The minimum absolute atomic E-state index is 0.139. The predicted molar refractivity (Wildman–Crippen MR) is 57.7 cm³/mol. The van der Waals surface area contributed by atoms with Gasteiger partial charge in [0.25, 0.3) is 0 Å². The molecule has 0 unspecified atom stereocenters.